The van der Waals surface area contributed by atoms with Gasteiger partial charge in [-0.1, -0.05) is 29.4 Å². The molecule has 1 fully saturated rings. The van der Waals surface area contributed by atoms with Crippen LogP contribution in [0.4, 0.5) is 5.69 Å². The van der Waals surface area contributed by atoms with Crippen LogP contribution in [-0.2, 0) is 4.79 Å². The summed E-state index contributed by atoms with van der Waals surface area (Å²) in [6.45, 7) is 6.73. The lowest BCUT2D eigenvalue weighted by Gasteiger charge is -2.16. The maximum absolute atomic E-state index is 12.5. The number of amides is 1. The van der Waals surface area contributed by atoms with Crippen molar-refractivity contribution in [2.75, 3.05) is 11.4 Å². The third kappa shape index (κ3) is 3.01. The summed E-state index contributed by atoms with van der Waals surface area (Å²) in [4.78, 5) is 18.8. The monoisotopic (exact) mass is 347 g/mol. The van der Waals surface area contributed by atoms with Crippen LogP contribution in [0.1, 0.15) is 34.9 Å². The SMILES string of the molecule is Cc1cccc(N2CC(c3nc(-c4ccc(C)c(C)c4)no3)CC2=O)c1. The van der Waals surface area contributed by atoms with Crippen LogP contribution in [0.3, 0.4) is 0 Å². The molecule has 1 aromatic heterocycles. The van der Waals surface area contributed by atoms with Gasteiger partial charge in [-0.2, -0.15) is 4.98 Å². The second kappa shape index (κ2) is 6.41. The fourth-order valence-corrected chi connectivity index (χ4v) is 3.32. The van der Waals surface area contributed by atoms with E-state index in [0.29, 0.717) is 24.7 Å². The van der Waals surface area contributed by atoms with E-state index >= 15 is 0 Å². The highest BCUT2D eigenvalue weighted by molar-refractivity contribution is 5.96. The van der Waals surface area contributed by atoms with Crippen molar-refractivity contribution >= 4 is 11.6 Å². The van der Waals surface area contributed by atoms with Gasteiger partial charge in [0.15, 0.2) is 0 Å². The summed E-state index contributed by atoms with van der Waals surface area (Å²) in [7, 11) is 0. The Hall–Kier alpha value is -2.95. The molecule has 0 aliphatic carbocycles. The van der Waals surface area contributed by atoms with E-state index in [0.717, 1.165) is 16.8 Å². The van der Waals surface area contributed by atoms with Gasteiger partial charge >= 0.3 is 0 Å². The molecule has 1 amide bonds. The molecule has 5 heteroatoms. The van der Waals surface area contributed by atoms with Crippen molar-refractivity contribution in [3.8, 4) is 11.4 Å². The molecule has 2 heterocycles. The van der Waals surface area contributed by atoms with Crippen LogP contribution in [0.2, 0.25) is 0 Å². The smallest absolute Gasteiger partial charge is 0.232 e. The zero-order valence-corrected chi connectivity index (χ0v) is 15.2. The standard InChI is InChI=1S/C21H21N3O2/c1-13-5-4-6-18(9-13)24-12-17(11-19(24)25)21-22-20(23-26-21)16-8-7-14(2)15(3)10-16/h4-10,17H,11-12H2,1-3H3. The molecule has 1 atom stereocenters. The number of aryl methyl sites for hydroxylation is 3. The van der Waals surface area contributed by atoms with Crippen LogP contribution in [0.15, 0.2) is 47.0 Å². The molecule has 26 heavy (non-hydrogen) atoms. The first kappa shape index (κ1) is 16.5. The van der Waals surface area contributed by atoms with Crippen molar-refractivity contribution in [1.29, 1.82) is 0 Å². The lowest BCUT2D eigenvalue weighted by atomic mass is 10.1. The predicted molar refractivity (Wildman–Crippen MR) is 100 cm³/mol. The minimum Gasteiger partial charge on any atom is -0.339 e. The summed E-state index contributed by atoms with van der Waals surface area (Å²) in [6.07, 6.45) is 0.391. The second-order valence-electron chi connectivity index (χ2n) is 7.00. The van der Waals surface area contributed by atoms with E-state index in [4.69, 9.17) is 4.52 Å². The van der Waals surface area contributed by atoms with Gasteiger partial charge in [0.25, 0.3) is 0 Å². The zero-order valence-electron chi connectivity index (χ0n) is 15.2. The first-order valence-electron chi connectivity index (χ1n) is 8.79. The van der Waals surface area contributed by atoms with Crippen molar-refractivity contribution in [1.82, 2.24) is 10.1 Å². The molecule has 0 spiro atoms. The minimum atomic E-state index is -0.0733. The van der Waals surface area contributed by atoms with E-state index in [1.807, 2.05) is 37.3 Å². The molecule has 5 nitrogen and oxygen atoms in total. The van der Waals surface area contributed by atoms with Gasteiger partial charge in [-0.05, 0) is 55.7 Å². The molecule has 0 radical (unpaired) electrons. The van der Waals surface area contributed by atoms with Crippen molar-refractivity contribution in [3.05, 3.63) is 65.0 Å². The average molecular weight is 347 g/mol. The van der Waals surface area contributed by atoms with Crippen LogP contribution in [0, 0.1) is 20.8 Å². The Morgan fingerprint density at radius 2 is 1.92 bits per heavy atom. The summed E-state index contributed by atoms with van der Waals surface area (Å²) in [5.74, 6) is 1.12. The number of nitrogens with zero attached hydrogens (tertiary/aromatic N) is 3. The fraction of sp³-hybridized carbons (Fsp3) is 0.286. The molecule has 0 N–H and O–H groups in total. The number of hydrogen-bond donors (Lipinski definition) is 0. The molecule has 132 valence electrons. The van der Waals surface area contributed by atoms with E-state index < -0.39 is 0 Å². The Morgan fingerprint density at radius 3 is 2.69 bits per heavy atom. The number of aromatic nitrogens is 2. The van der Waals surface area contributed by atoms with Crippen molar-refractivity contribution in [2.45, 2.75) is 33.1 Å². The number of anilines is 1. The molecular formula is C21H21N3O2. The van der Waals surface area contributed by atoms with E-state index in [1.165, 1.54) is 11.1 Å². The van der Waals surface area contributed by atoms with Gasteiger partial charge in [-0.25, -0.2) is 0 Å². The molecule has 2 aromatic carbocycles. The van der Waals surface area contributed by atoms with Gasteiger partial charge in [0.1, 0.15) is 0 Å². The van der Waals surface area contributed by atoms with E-state index in [-0.39, 0.29) is 11.8 Å². The van der Waals surface area contributed by atoms with Crippen LogP contribution in [0.25, 0.3) is 11.4 Å². The summed E-state index contributed by atoms with van der Waals surface area (Å²) in [5, 5.41) is 4.12. The quantitative estimate of drug-likeness (QED) is 0.713. The van der Waals surface area contributed by atoms with Gasteiger partial charge in [0.2, 0.25) is 17.6 Å². The Morgan fingerprint density at radius 1 is 1.08 bits per heavy atom. The van der Waals surface area contributed by atoms with E-state index in [9.17, 15) is 4.79 Å². The van der Waals surface area contributed by atoms with Crippen molar-refractivity contribution in [3.63, 3.8) is 0 Å². The molecule has 1 aliphatic heterocycles. The van der Waals surface area contributed by atoms with Gasteiger partial charge in [0, 0.05) is 24.2 Å². The Kier molecular flexibility index (Phi) is 4.07. The number of carbonyl (C=O) groups is 1. The number of benzene rings is 2. The van der Waals surface area contributed by atoms with Crippen molar-refractivity contribution in [2.24, 2.45) is 0 Å². The second-order valence-corrected chi connectivity index (χ2v) is 7.00. The van der Waals surface area contributed by atoms with Crippen LogP contribution < -0.4 is 4.90 Å². The lowest BCUT2D eigenvalue weighted by molar-refractivity contribution is -0.117. The topological polar surface area (TPSA) is 59.2 Å². The highest BCUT2D eigenvalue weighted by atomic mass is 16.5. The maximum Gasteiger partial charge on any atom is 0.232 e. The number of hydrogen-bond acceptors (Lipinski definition) is 4. The highest BCUT2D eigenvalue weighted by Gasteiger charge is 2.35. The fourth-order valence-electron chi connectivity index (χ4n) is 3.32. The Labute approximate surface area is 152 Å². The normalized spacial score (nSPS) is 17.1. The minimum absolute atomic E-state index is 0.0733. The largest absolute Gasteiger partial charge is 0.339 e. The van der Waals surface area contributed by atoms with E-state index in [2.05, 4.69) is 36.1 Å². The zero-order chi connectivity index (χ0) is 18.3. The summed E-state index contributed by atoms with van der Waals surface area (Å²) in [6, 6.07) is 14.1. The molecule has 3 aromatic rings. The summed E-state index contributed by atoms with van der Waals surface area (Å²) >= 11 is 0. The lowest BCUT2D eigenvalue weighted by Crippen LogP contribution is -2.24. The third-order valence-corrected chi connectivity index (χ3v) is 4.99. The third-order valence-electron chi connectivity index (χ3n) is 4.99. The highest BCUT2D eigenvalue weighted by Crippen LogP contribution is 2.32. The van der Waals surface area contributed by atoms with Crippen LogP contribution in [-0.4, -0.2) is 22.6 Å². The first-order valence-corrected chi connectivity index (χ1v) is 8.79. The number of rotatable bonds is 3. The summed E-state index contributed by atoms with van der Waals surface area (Å²) in [5.41, 5.74) is 5.41. The summed E-state index contributed by atoms with van der Waals surface area (Å²) < 4.78 is 5.49. The molecule has 1 saturated heterocycles. The maximum atomic E-state index is 12.5. The van der Waals surface area contributed by atoms with Crippen molar-refractivity contribution < 1.29 is 9.32 Å². The van der Waals surface area contributed by atoms with Crippen LogP contribution >= 0.6 is 0 Å². The first-order chi connectivity index (χ1) is 12.5. The average Bonchev–Trinajstić information content (AvgIpc) is 3.24. The Balaban J connectivity index is 1.57. The Bertz CT molecular complexity index is 977. The van der Waals surface area contributed by atoms with Crippen LogP contribution in [0.5, 0.6) is 0 Å². The molecule has 0 saturated carbocycles. The molecule has 1 unspecified atom stereocenters. The van der Waals surface area contributed by atoms with Gasteiger partial charge < -0.3 is 9.42 Å². The molecule has 1 aliphatic rings. The molecule has 0 bridgehead atoms. The van der Waals surface area contributed by atoms with Gasteiger partial charge in [-0.15, -0.1) is 0 Å². The van der Waals surface area contributed by atoms with Gasteiger partial charge in [-0.3, -0.25) is 4.79 Å². The van der Waals surface area contributed by atoms with E-state index in [1.54, 1.807) is 4.90 Å². The molecule has 4 rings (SSSR count). The number of carbonyl (C=O) groups excluding carboxylic acids is 1. The molecular weight excluding hydrogens is 326 g/mol. The van der Waals surface area contributed by atoms with Gasteiger partial charge in [0.05, 0.1) is 5.92 Å². The predicted octanol–water partition coefficient (Wildman–Crippen LogP) is 4.18.